The van der Waals surface area contributed by atoms with Gasteiger partial charge in [0, 0.05) is 19.1 Å². The number of nitrogens with zero attached hydrogens (tertiary/aromatic N) is 1. The van der Waals surface area contributed by atoms with Gasteiger partial charge in [-0.3, -0.25) is 0 Å². The molecule has 0 atom stereocenters. The summed E-state index contributed by atoms with van der Waals surface area (Å²) in [6.07, 6.45) is 3.67. The van der Waals surface area contributed by atoms with Gasteiger partial charge in [-0.1, -0.05) is 5.16 Å². The van der Waals surface area contributed by atoms with E-state index in [0.717, 1.165) is 31.6 Å². The third-order valence-corrected chi connectivity index (χ3v) is 2.66. The predicted octanol–water partition coefficient (Wildman–Crippen LogP) is 1.61. The van der Waals surface area contributed by atoms with Gasteiger partial charge in [0.2, 0.25) is 0 Å². The molecular weight excluding hydrogens is 180 g/mol. The minimum atomic E-state index is 0.463. The van der Waals surface area contributed by atoms with Crippen LogP contribution in [0.3, 0.4) is 0 Å². The van der Waals surface area contributed by atoms with E-state index in [4.69, 9.17) is 15.0 Å². The molecule has 1 fully saturated rings. The Hall–Kier alpha value is -1.03. The molecule has 4 heteroatoms. The Labute approximate surface area is 83.4 Å². The normalized spacial score (nSPS) is 26.1. The van der Waals surface area contributed by atoms with Crippen LogP contribution in [0.15, 0.2) is 10.6 Å². The number of ether oxygens (including phenoxy) is 1. The molecule has 1 aliphatic carbocycles. The highest BCUT2D eigenvalue weighted by Gasteiger charge is 2.30. The summed E-state index contributed by atoms with van der Waals surface area (Å²) >= 11 is 0. The van der Waals surface area contributed by atoms with Crippen molar-refractivity contribution in [3.63, 3.8) is 0 Å². The number of hydrogen-bond acceptors (Lipinski definition) is 4. The van der Waals surface area contributed by atoms with Crippen LogP contribution < -0.4 is 5.73 Å². The summed E-state index contributed by atoms with van der Waals surface area (Å²) in [6, 6.07) is 1.80. The molecule has 1 aromatic heterocycles. The van der Waals surface area contributed by atoms with Crippen LogP contribution in [0.1, 0.15) is 25.5 Å². The van der Waals surface area contributed by atoms with Crippen LogP contribution >= 0.6 is 0 Å². The average Bonchev–Trinajstić information content (AvgIpc) is 2.48. The second kappa shape index (κ2) is 4.00. The van der Waals surface area contributed by atoms with Gasteiger partial charge in [-0.05, 0) is 25.7 Å². The van der Waals surface area contributed by atoms with Crippen molar-refractivity contribution in [1.82, 2.24) is 5.16 Å². The molecule has 0 radical (unpaired) electrons. The zero-order chi connectivity index (χ0) is 9.97. The Morgan fingerprint density at radius 1 is 1.64 bits per heavy atom. The summed E-state index contributed by atoms with van der Waals surface area (Å²) in [5.41, 5.74) is 5.46. The molecule has 0 amide bonds. The Morgan fingerprint density at radius 3 is 3.00 bits per heavy atom. The standard InChI is InChI=1S/C10H16N2O2/c1-2-13-8-3-7(4-8)5-9-6-10(11)12-14-9/h6-8H,2-5H2,1H3,(H2,11,12). The maximum Gasteiger partial charge on any atom is 0.167 e. The number of nitrogens with two attached hydrogens (primary N) is 1. The van der Waals surface area contributed by atoms with Crippen molar-refractivity contribution in [1.29, 1.82) is 0 Å². The fourth-order valence-corrected chi connectivity index (χ4v) is 1.92. The summed E-state index contributed by atoms with van der Waals surface area (Å²) in [5.74, 6) is 2.04. The molecule has 0 aromatic carbocycles. The van der Waals surface area contributed by atoms with Crippen molar-refractivity contribution in [2.24, 2.45) is 5.92 Å². The predicted molar refractivity (Wildman–Crippen MR) is 52.8 cm³/mol. The first-order valence-electron chi connectivity index (χ1n) is 5.10. The lowest BCUT2D eigenvalue weighted by molar-refractivity contribution is -0.0254. The molecule has 1 heterocycles. The van der Waals surface area contributed by atoms with Crippen molar-refractivity contribution in [2.75, 3.05) is 12.3 Å². The van der Waals surface area contributed by atoms with Gasteiger partial charge in [0.15, 0.2) is 5.82 Å². The summed E-state index contributed by atoms with van der Waals surface area (Å²) < 4.78 is 10.5. The molecule has 1 aliphatic rings. The Bertz CT molecular complexity index is 292. The van der Waals surface area contributed by atoms with Gasteiger partial charge in [-0.25, -0.2) is 0 Å². The third kappa shape index (κ3) is 2.07. The average molecular weight is 196 g/mol. The van der Waals surface area contributed by atoms with E-state index in [-0.39, 0.29) is 0 Å². The van der Waals surface area contributed by atoms with Crippen molar-refractivity contribution in [3.8, 4) is 0 Å². The summed E-state index contributed by atoms with van der Waals surface area (Å²) in [5, 5.41) is 3.65. The van der Waals surface area contributed by atoms with Gasteiger partial charge < -0.3 is 15.0 Å². The highest BCUT2D eigenvalue weighted by molar-refractivity contribution is 5.26. The first-order chi connectivity index (χ1) is 6.78. The molecule has 2 rings (SSSR count). The Kier molecular flexibility index (Phi) is 2.72. The molecule has 0 aliphatic heterocycles. The molecule has 0 unspecified atom stereocenters. The highest BCUT2D eigenvalue weighted by Crippen LogP contribution is 2.32. The van der Waals surface area contributed by atoms with Crippen LogP contribution in [0.2, 0.25) is 0 Å². The SMILES string of the molecule is CCOC1CC(Cc2cc(N)no2)C1. The molecule has 0 bridgehead atoms. The molecule has 78 valence electrons. The van der Waals surface area contributed by atoms with Gasteiger partial charge in [0.05, 0.1) is 6.10 Å². The van der Waals surface area contributed by atoms with E-state index in [2.05, 4.69) is 5.16 Å². The van der Waals surface area contributed by atoms with Gasteiger partial charge in [-0.15, -0.1) is 0 Å². The van der Waals surface area contributed by atoms with E-state index in [1.807, 2.05) is 6.92 Å². The Morgan fingerprint density at radius 2 is 2.43 bits per heavy atom. The van der Waals surface area contributed by atoms with Gasteiger partial charge in [0.1, 0.15) is 5.76 Å². The second-order valence-corrected chi connectivity index (χ2v) is 3.84. The lowest BCUT2D eigenvalue weighted by Crippen LogP contribution is -2.32. The monoisotopic (exact) mass is 196 g/mol. The topological polar surface area (TPSA) is 61.3 Å². The summed E-state index contributed by atoms with van der Waals surface area (Å²) in [6.45, 7) is 2.84. The van der Waals surface area contributed by atoms with Crippen LogP contribution in [-0.4, -0.2) is 17.9 Å². The van der Waals surface area contributed by atoms with Gasteiger partial charge in [-0.2, -0.15) is 0 Å². The highest BCUT2D eigenvalue weighted by atomic mass is 16.5. The van der Waals surface area contributed by atoms with Crippen LogP contribution in [-0.2, 0) is 11.2 Å². The molecule has 14 heavy (non-hydrogen) atoms. The van der Waals surface area contributed by atoms with Crippen molar-refractivity contribution in [2.45, 2.75) is 32.3 Å². The first-order valence-corrected chi connectivity index (χ1v) is 5.10. The quantitative estimate of drug-likeness (QED) is 0.794. The summed E-state index contributed by atoms with van der Waals surface area (Å²) in [7, 11) is 0. The lowest BCUT2D eigenvalue weighted by atomic mass is 9.79. The zero-order valence-corrected chi connectivity index (χ0v) is 8.40. The molecular formula is C10H16N2O2. The molecule has 1 saturated carbocycles. The number of anilines is 1. The third-order valence-electron chi connectivity index (χ3n) is 2.66. The van der Waals surface area contributed by atoms with Crippen LogP contribution in [0.5, 0.6) is 0 Å². The maximum atomic E-state index is 5.48. The van der Waals surface area contributed by atoms with Crippen LogP contribution in [0.4, 0.5) is 5.82 Å². The molecule has 0 spiro atoms. The number of hydrogen-bond donors (Lipinski definition) is 1. The fourth-order valence-electron chi connectivity index (χ4n) is 1.92. The van der Waals surface area contributed by atoms with Crippen LogP contribution in [0, 0.1) is 5.92 Å². The van der Waals surface area contributed by atoms with E-state index in [0.29, 0.717) is 17.8 Å². The number of aromatic nitrogens is 1. The summed E-state index contributed by atoms with van der Waals surface area (Å²) in [4.78, 5) is 0. The van der Waals surface area contributed by atoms with E-state index >= 15 is 0 Å². The first kappa shape index (κ1) is 9.52. The fraction of sp³-hybridized carbons (Fsp3) is 0.700. The number of nitrogen functional groups attached to an aromatic ring is 1. The molecule has 1 aromatic rings. The van der Waals surface area contributed by atoms with Crippen molar-refractivity contribution in [3.05, 3.63) is 11.8 Å². The smallest absolute Gasteiger partial charge is 0.167 e. The zero-order valence-electron chi connectivity index (χ0n) is 8.40. The minimum Gasteiger partial charge on any atom is -0.381 e. The van der Waals surface area contributed by atoms with E-state index in [1.54, 1.807) is 6.07 Å². The van der Waals surface area contributed by atoms with E-state index in [1.165, 1.54) is 0 Å². The van der Waals surface area contributed by atoms with Crippen molar-refractivity contribution < 1.29 is 9.26 Å². The van der Waals surface area contributed by atoms with Gasteiger partial charge in [0.25, 0.3) is 0 Å². The minimum absolute atomic E-state index is 0.463. The lowest BCUT2D eigenvalue weighted by Gasteiger charge is -2.34. The van der Waals surface area contributed by atoms with Gasteiger partial charge >= 0.3 is 0 Å². The van der Waals surface area contributed by atoms with E-state index in [9.17, 15) is 0 Å². The Balaban J connectivity index is 1.74. The second-order valence-electron chi connectivity index (χ2n) is 3.84. The van der Waals surface area contributed by atoms with Crippen LogP contribution in [0.25, 0.3) is 0 Å². The molecule has 2 N–H and O–H groups in total. The maximum absolute atomic E-state index is 5.48. The van der Waals surface area contributed by atoms with Crippen molar-refractivity contribution >= 4 is 5.82 Å². The number of rotatable bonds is 4. The van der Waals surface area contributed by atoms with E-state index < -0.39 is 0 Å². The molecule has 4 nitrogen and oxygen atoms in total. The molecule has 0 saturated heterocycles. The largest absolute Gasteiger partial charge is 0.381 e.